The number of methoxy groups -OCH3 is 1. The predicted molar refractivity (Wildman–Crippen MR) is 123 cm³/mol. The average molecular weight is 422 g/mol. The number of nitrogens with zero attached hydrogens (tertiary/aromatic N) is 2. The lowest BCUT2D eigenvalue weighted by Crippen LogP contribution is -3.06. The van der Waals surface area contributed by atoms with E-state index in [-0.39, 0.29) is 11.9 Å². The number of likely N-dealkylation sites (N-methyl/N-ethyl adjacent to an activating group) is 1. The number of rotatable bonds is 9. The molecule has 31 heavy (non-hydrogen) atoms. The maximum atomic E-state index is 12.8. The van der Waals surface area contributed by atoms with Gasteiger partial charge in [0, 0.05) is 18.2 Å². The van der Waals surface area contributed by atoms with Gasteiger partial charge < -0.3 is 15.0 Å². The van der Waals surface area contributed by atoms with Crippen molar-refractivity contribution in [1.29, 1.82) is 0 Å². The van der Waals surface area contributed by atoms with E-state index in [1.165, 1.54) is 4.90 Å². The molecule has 0 saturated carbocycles. The third-order valence-corrected chi connectivity index (χ3v) is 5.49. The highest BCUT2D eigenvalue weighted by molar-refractivity contribution is 5.76. The molecule has 0 aliphatic rings. The highest BCUT2D eigenvalue weighted by Gasteiger charge is 2.19. The van der Waals surface area contributed by atoms with Gasteiger partial charge in [-0.2, -0.15) is 5.10 Å². The molecule has 2 aromatic carbocycles. The molecule has 0 spiro atoms. The number of quaternary nitrogens is 1. The zero-order valence-electron chi connectivity index (χ0n) is 19.1. The Morgan fingerprint density at radius 2 is 1.87 bits per heavy atom. The van der Waals surface area contributed by atoms with Gasteiger partial charge in [0.1, 0.15) is 18.3 Å². The van der Waals surface area contributed by atoms with Crippen molar-refractivity contribution in [1.82, 2.24) is 15.1 Å². The maximum Gasteiger partial charge on any atom is 0.221 e. The molecule has 3 rings (SSSR count). The molecule has 2 N–H and O–H groups in total. The number of hydrogen-bond acceptors (Lipinski definition) is 3. The summed E-state index contributed by atoms with van der Waals surface area (Å²) >= 11 is 0. The van der Waals surface area contributed by atoms with Gasteiger partial charge >= 0.3 is 0 Å². The standard InChI is InChI=1S/C25H32N4O2/c1-18-23(19(2)29(27-18)21-12-9-13-22(16-21)31-5)14-15-25(30)26-24(17-28(3)4)20-10-7-6-8-11-20/h6-13,16,24H,14-15,17H2,1-5H3,(H,26,30)/p+1/t24-/m0/s1. The first-order valence-electron chi connectivity index (χ1n) is 10.7. The molecule has 164 valence electrons. The number of nitrogens with one attached hydrogen (secondary N) is 2. The molecule has 0 fully saturated rings. The summed E-state index contributed by atoms with van der Waals surface area (Å²) in [5, 5.41) is 7.93. The largest absolute Gasteiger partial charge is 0.497 e. The first kappa shape index (κ1) is 22.6. The Hall–Kier alpha value is -3.12. The fraction of sp³-hybridized carbons (Fsp3) is 0.360. The molecule has 3 aromatic rings. The van der Waals surface area contributed by atoms with Gasteiger partial charge in [0.25, 0.3) is 0 Å². The van der Waals surface area contributed by atoms with Crippen molar-refractivity contribution in [2.75, 3.05) is 27.7 Å². The maximum absolute atomic E-state index is 12.8. The Kier molecular flexibility index (Phi) is 7.47. The second kappa shape index (κ2) is 10.3. The summed E-state index contributed by atoms with van der Waals surface area (Å²) in [5.41, 5.74) is 5.21. The van der Waals surface area contributed by atoms with E-state index in [2.05, 4.69) is 38.5 Å². The van der Waals surface area contributed by atoms with E-state index in [1.807, 2.05) is 54.1 Å². The summed E-state index contributed by atoms with van der Waals surface area (Å²) in [6, 6.07) is 18.0. The molecule has 1 heterocycles. The Morgan fingerprint density at radius 1 is 1.13 bits per heavy atom. The molecule has 0 aliphatic carbocycles. The second-order valence-electron chi connectivity index (χ2n) is 8.20. The smallest absolute Gasteiger partial charge is 0.221 e. The fourth-order valence-corrected chi connectivity index (χ4v) is 3.88. The van der Waals surface area contributed by atoms with Gasteiger partial charge in [-0.05, 0) is 43.5 Å². The van der Waals surface area contributed by atoms with Crippen LogP contribution in [0.4, 0.5) is 0 Å². The number of aromatic nitrogens is 2. The molecule has 0 radical (unpaired) electrons. The Balaban J connectivity index is 1.70. The summed E-state index contributed by atoms with van der Waals surface area (Å²) in [5.74, 6) is 0.851. The molecule has 6 nitrogen and oxygen atoms in total. The first-order valence-corrected chi connectivity index (χ1v) is 10.7. The SMILES string of the molecule is COc1cccc(-n2nc(C)c(CCC(=O)N[C@@H](C[NH+](C)C)c3ccccc3)c2C)c1. The summed E-state index contributed by atoms with van der Waals surface area (Å²) < 4.78 is 7.26. The van der Waals surface area contributed by atoms with Crippen molar-refractivity contribution >= 4 is 5.91 Å². The zero-order chi connectivity index (χ0) is 22.4. The Morgan fingerprint density at radius 3 is 2.55 bits per heavy atom. The molecule has 1 amide bonds. The monoisotopic (exact) mass is 421 g/mol. The third-order valence-electron chi connectivity index (χ3n) is 5.49. The summed E-state index contributed by atoms with van der Waals surface area (Å²) in [4.78, 5) is 14.1. The van der Waals surface area contributed by atoms with E-state index < -0.39 is 0 Å². The van der Waals surface area contributed by atoms with Crippen LogP contribution in [0, 0.1) is 13.8 Å². The van der Waals surface area contributed by atoms with Crippen molar-refractivity contribution < 1.29 is 14.4 Å². The van der Waals surface area contributed by atoms with E-state index in [9.17, 15) is 4.79 Å². The van der Waals surface area contributed by atoms with Gasteiger partial charge in [-0.25, -0.2) is 4.68 Å². The van der Waals surface area contributed by atoms with E-state index in [1.54, 1.807) is 7.11 Å². The van der Waals surface area contributed by atoms with E-state index in [0.29, 0.717) is 12.8 Å². The second-order valence-corrected chi connectivity index (χ2v) is 8.20. The van der Waals surface area contributed by atoms with Crippen LogP contribution in [-0.2, 0) is 11.2 Å². The lowest BCUT2D eigenvalue weighted by Gasteiger charge is -2.21. The van der Waals surface area contributed by atoms with Gasteiger partial charge in [-0.1, -0.05) is 36.4 Å². The summed E-state index contributed by atoms with van der Waals surface area (Å²) in [6.07, 6.45) is 1.08. The Bertz CT molecular complexity index is 1010. The average Bonchev–Trinajstić information content (AvgIpc) is 3.05. The van der Waals surface area contributed by atoms with Crippen LogP contribution in [0.5, 0.6) is 5.75 Å². The van der Waals surface area contributed by atoms with Crippen LogP contribution in [0.1, 0.15) is 35.0 Å². The van der Waals surface area contributed by atoms with Gasteiger partial charge in [-0.15, -0.1) is 0 Å². The van der Waals surface area contributed by atoms with Gasteiger partial charge in [0.2, 0.25) is 5.91 Å². The first-order chi connectivity index (χ1) is 14.9. The van der Waals surface area contributed by atoms with Gasteiger partial charge in [0.15, 0.2) is 0 Å². The number of hydrogen-bond donors (Lipinski definition) is 2. The van der Waals surface area contributed by atoms with Gasteiger partial charge in [0.05, 0.1) is 32.6 Å². The lowest BCUT2D eigenvalue weighted by atomic mass is 10.0. The summed E-state index contributed by atoms with van der Waals surface area (Å²) in [7, 11) is 5.86. The van der Waals surface area contributed by atoms with Crippen LogP contribution >= 0.6 is 0 Å². The Labute approximate surface area is 184 Å². The molecular formula is C25H33N4O2+. The van der Waals surface area contributed by atoms with E-state index >= 15 is 0 Å². The molecule has 1 atom stereocenters. The number of amides is 1. The van der Waals surface area contributed by atoms with Crippen molar-refractivity contribution in [3.05, 3.63) is 77.1 Å². The van der Waals surface area contributed by atoms with Crippen LogP contribution < -0.4 is 15.0 Å². The number of aryl methyl sites for hydroxylation is 1. The van der Waals surface area contributed by atoms with Crippen LogP contribution in [0.25, 0.3) is 5.69 Å². The van der Waals surface area contributed by atoms with Crippen molar-refractivity contribution in [2.24, 2.45) is 0 Å². The molecule has 0 aliphatic heterocycles. The number of benzene rings is 2. The topological polar surface area (TPSA) is 60.6 Å². The van der Waals surface area contributed by atoms with E-state index in [4.69, 9.17) is 9.84 Å². The van der Waals surface area contributed by atoms with Crippen LogP contribution in [0.15, 0.2) is 54.6 Å². The van der Waals surface area contributed by atoms with E-state index in [0.717, 1.165) is 40.5 Å². The van der Waals surface area contributed by atoms with Crippen molar-refractivity contribution in [3.8, 4) is 11.4 Å². The molecule has 0 saturated heterocycles. The lowest BCUT2D eigenvalue weighted by molar-refractivity contribution is -0.860. The van der Waals surface area contributed by atoms with Crippen molar-refractivity contribution in [3.63, 3.8) is 0 Å². The number of carbonyl (C=O) groups is 1. The highest BCUT2D eigenvalue weighted by Crippen LogP contribution is 2.22. The summed E-state index contributed by atoms with van der Waals surface area (Å²) in [6.45, 7) is 4.88. The fourth-order valence-electron chi connectivity index (χ4n) is 3.88. The predicted octanol–water partition coefficient (Wildman–Crippen LogP) is 2.43. The normalized spacial score (nSPS) is 12.1. The van der Waals surface area contributed by atoms with Gasteiger partial charge in [-0.3, -0.25) is 4.79 Å². The quantitative estimate of drug-likeness (QED) is 0.558. The minimum Gasteiger partial charge on any atom is -0.497 e. The molecule has 1 aromatic heterocycles. The number of carbonyl (C=O) groups excluding carboxylic acids is 1. The minimum atomic E-state index is 0.000371. The number of ether oxygens (including phenoxy) is 1. The molecular weight excluding hydrogens is 388 g/mol. The van der Waals surface area contributed by atoms with Crippen LogP contribution in [0.2, 0.25) is 0 Å². The zero-order valence-corrected chi connectivity index (χ0v) is 19.1. The molecule has 0 unspecified atom stereocenters. The van der Waals surface area contributed by atoms with Crippen LogP contribution in [0.3, 0.4) is 0 Å². The molecule has 6 heteroatoms. The third kappa shape index (κ3) is 5.73. The minimum absolute atomic E-state index is 0.000371. The van der Waals surface area contributed by atoms with Crippen LogP contribution in [-0.4, -0.2) is 43.4 Å². The van der Waals surface area contributed by atoms with Crippen molar-refractivity contribution in [2.45, 2.75) is 32.7 Å². The molecule has 0 bridgehead atoms. The highest BCUT2D eigenvalue weighted by atomic mass is 16.5.